The number of carbonyl (C=O) groups excluding carboxylic acids is 7. The first-order valence-electron chi connectivity index (χ1n) is 20.1. The molecule has 4 unspecified atom stereocenters. The number of hydrogen-bond donors (Lipinski definition) is 3. The van der Waals surface area contributed by atoms with Gasteiger partial charge in [0, 0.05) is 26.4 Å². The third-order valence-corrected chi connectivity index (χ3v) is 10.9. The minimum Gasteiger partial charge on any atom is -0.460 e. The largest absolute Gasteiger partial charge is 0.460 e. The second-order valence-electron chi connectivity index (χ2n) is 16.8. The lowest BCUT2D eigenvalue weighted by Gasteiger charge is -2.38. The predicted molar refractivity (Wildman–Crippen MR) is 214 cm³/mol. The Hall–Kier alpha value is -4.93. The van der Waals surface area contributed by atoms with E-state index in [1.165, 1.54) is 23.8 Å². The zero-order valence-corrected chi connectivity index (χ0v) is 35.3. The molecule has 0 saturated carbocycles. The zero-order valence-electron chi connectivity index (χ0n) is 35.3. The molecule has 0 aromatic heterocycles. The van der Waals surface area contributed by atoms with Gasteiger partial charge in [-0.2, -0.15) is 0 Å². The highest BCUT2D eigenvalue weighted by Crippen LogP contribution is 2.30. The highest BCUT2D eigenvalue weighted by atomic mass is 16.6. The lowest BCUT2D eigenvalue weighted by atomic mass is 9.82. The van der Waals surface area contributed by atoms with Crippen molar-refractivity contribution in [1.82, 2.24) is 25.8 Å². The molecular formula is C43H63N5O9. The Morgan fingerprint density at radius 3 is 2.04 bits per heavy atom. The molecule has 0 spiro atoms. The van der Waals surface area contributed by atoms with Crippen molar-refractivity contribution in [2.75, 3.05) is 13.6 Å². The van der Waals surface area contributed by atoms with Crippen LogP contribution < -0.4 is 16.0 Å². The van der Waals surface area contributed by atoms with Crippen LogP contribution in [0.4, 0.5) is 0 Å². The first-order chi connectivity index (χ1) is 26.7. The number of terminal acetylenes is 1. The third kappa shape index (κ3) is 11.8. The highest BCUT2D eigenvalue weighted by molar-refractivity contribution is 5.96. The number of likely N-dealkylation sites (N-methyl/N-ethyl adjacent to an activating group) is 1. The number of amides is 5. The fourth-order valence-corrected chi connectivity index (χ4v) is 7.27. The zero-order chi connectivity index (χ0) is 42.8. The van der Waals surface area contributed by atoms with Crippen molar-refractivity contribution in [2.45, 2.75) is 143 Å². The smallest absolute Gasteiger partial charge is 0.329 e. The number of nitrogens with one attached hydrogen (secondary N) is 3. The Labute approximate surface area is 337 Å². The van der Waals surface area contributed by atoms with E-state index in [1.54, 1.807) is 79.7 Å². The molecule has 1 aromatic rings. The molecule has 0 aliphatic carbocycles. The molecule has 1 aromatic carbocycles. The van der Waals surface area contributed by atoms with Gasteiger partial charge in [0.2, 0.25) is 23.6 Å². The average Bonchev–Trinajstić information content (AvgIpc) is 3.64. The maximum absolute atomic E-state index is 14.4. The van der Waals surface area contributed by atoms with Gasteiger partial charge in [0.05, 0.1) is 5.41 Å². The van der Waals surface area contributed by atoms with E-state index in [0.29, 0.717) is 31.2 Å². The fourth-order valence-electron chi connectivity index (χ4n) is 7.27. The monoisotopic (exact) mass is 793 g/mol. The van der Waals surface area contributed by atoms with Crippen LogP contribution in [0, 0.1) is 35.5 Å². The summed E-state index contributed by atoms with van der Waals surface area (Å²) in [6, 6.07) is 3.53. The van der Waals surface area contributed by atoms with Gasteiger partial charge in [0.15, 0.2) is 6.10 Å². The molecular weight excluding hydrogens is 730 g/mol. The number of cyclic esters (lactones) is 2. The number of nitrogens with zero attached hydrogens (tertiary/aromatic N) is 2. The van der Waals surface area contributed by atoms with E-state index in [0.717, 1.165) is 0 Å². The Kier molecular flexibility index (Phi) is 16.7. The van der Waals surface area contributed by atoms with E-state index >= 15 is 0 Å². The minimum atomic E-state index is -1.39. The summed E-state index contributed by atoms with van der Waals surface area (Å²) in [6.45, 7) is 15.3. The van der Waals surface area contributed by atoms with E-state index in [2.05, 4.69) is 21.9 Å². The number of rotatable bonds is 8. The van der Waals surface area contributed by atoms with Crippen LogP contribution in [0.2, 0.25) is 0 Å². The van der Waals surface area contributed by atoms with Crippen molar-refractivity contribution in [3.63, 3.8) is 0 Å². The summed E-state index contributed by atoms with van der Waals surface area (Å²) in [5, 5.41) is 8.31. The van der Waals surface area contributed by atoms with E-state index < -0.39 is 107 Å². The van der Waals surface area contributed by atoms with E-state index in [4.69, 9.17) is 15.9 Å². The molecule has 3 N–H and O–H groups in total. The van der Waals surface area contributed by atoms with Crippen molar-refractivity contribution < 1.29 is 43.0 Å². The van der Waals surface area contributed by atoms with Crippen molar-refractivity contribution in [1.29, 1.82) is 0 Å². The van der Waals surface area contributed by atoms with Gasteiger partial charge < -0.3 is 35.2 Å². The summed E-state index contributed by atoms with van der Waals surface area (Å²) in [6.07, 6.45) is 4.94. The molecule has 3 rings (SSSR count). The number of unbranched alkanes of at least 4 members (excludes halogenated alkanes) is 1. The second-order valence-corrected chi connectivity index (χ2v) is 16.8. The number of fused-ring (bicyclic) bond motifs is 1. The molecule has 2 saturated heterocycles. The molecule has 5 amide bonds. The van der Waals surface area contributed by atoms with E-state index in [9.17, 15) is 33.6 Å². The van der Waals surface area contributed by atoms with Crippen molar-refractivity contribution >= 4 is 41.5 Å². The maximum Gasteiger partial charge on any atom is 0.329 e. The predicted octanol–water partition coefficient (Wildman–Crippen LogP) is 3.16. The fraction of sp³-hybridized carbons (Fsp3) is 0.651. The van der Waals surface area contributed by atoms with E-state index in [1.807, 2.05) is 6.07 Å². The third-order valence-electron chi connectivity index (χ3n) is 10.9. The molecule has 14 nitrogen and oxygen atoms in total. The standard InChI is InChI=1S/C43H63N5O9/c1-12-13-15-22-32-43(9,10)42(55)46-34(26(4)5)39(52)47(11)35(27(6)7)41(54)56-31(24-29-19-16-14-17-20-29)38(51)48-23-18-21-30(48)36(49)45-33(25(2)3)37(50)44-28(8)40(53)57-32/h1,14,16-17,19-20,25-28,30-35H,13,15,18,21-24H2,2-11H3,(H,44,50)(H,45,49)(H,46,55)/t28-,30?,31?,32+,33?,34-,35?/m0/s1. The number of hydrogen-bond acceptors (Lipinski definition) is 9. The summed E-state index contributed by atoms with van der Waals surface area (Å²) in [7, 11) is 1.46. The molecule has 0 radical (unpaired) electrons. The number of esters is 2. The van der Waals surface area contributed by atoms with Crippen LogP contribution in [0.15, 0.2) is 30.3 Å². The second kappa shape index (κ2) is 20.5. The van der Waals surface area contributed by atoms with Gasteiger partial charge in [-0.15, -0.1) is 12.3 Å². The van der Waals surface area contributed by atoms with Crippen LogP contribution in [0.5, 0.6) is 0 Å². The van der Waals surface area contributed by atoms with Crippen molar-refractivity contribution in [3.05, 3.63) is 35.9 Å². The molecule has 2 aliphatic heterocycles. The maximum atomic E-state index is 14.4. The van der Waals surface area contributed by atoms with Gasteiger partial charge >= 0.3 is 11.9 Å². The molecule has 57 heavy (non-hydrogen) atoms. The van der Waals surface area contributed by atoms with Gasteiger partial charge in [-0.25, -0.2) is 9.59 Å². The molecule has 0 bridgehead atoms. The topological polar surface area (TPSA) is 181 Å². The first kappa shape index (κ1) is 46.5. The van der Waals surface area contributed by atoms with Crippen LogP contribution in [-0.4, -0.2) is 107 Å². The molecule has 2 fully saturated rings. The molecule has 2 aliphatic rings. The average molecular weight is 794 g/mol. The van der Waals surface area contributed by atoms with Crippen molar-refractivity contribution in [2.24, 2.45) is 23.2 Å². The summed E-state index contributed by atoms with van der Waals surface area (Å²) in [5.41, 5.74) is -0.678. The lowest BCUT2D eigenvalue weighted by molar-refractivity contribution is -0.169. The van der Waals surface area contributed by atoms with Crippen LogP contribution in [0.3, 0.4) is 0 Å². The Morgan fingerprint density at radius 1 is 0.825 bits per heavy atom. The summed E-state index contributed by atoms with van der Waals surface area (Å²) in [4.78, 5) is 101. The normalized spacial score (nSPS) is 27.4. The van der Waals surface area contributed by atoms with Gasteiger partial charge in [-0.1, -0.05) is 71.9 Å². The molecule has 2 heterocycles. The van der Waals surface area contributed by atoms with Crippen LogP contribution in [-0.2, 0) is 49.5 Å². The number of benzene rings is 1. The van der Waals surface area contributed by atoms with E-state index in [-0.39, 0.29) is 19.4 Å². The van der Waals surface area contributed by atoms with Gasteiger partial charge in [0.25, 0.3) is 5.91 Å². The molecule has 7 atom stereocenters. The Bertz CT molecular complexity index is 1650. The summed E-state index contributed by atoms with van der Waals surface area (Å²) < 4.78 is 12.0. The SMILES string of the molecule is C#CCCC[C@H]1OC(=O)[C@H](C)NC(=O)C(C(C)C)NC(=O)C2CCCN2C(=O)C(Cc2ccccc2)OC(=O)C(C(C)C)N(C)C(=O)[C@H](C(C)C)NC(=O)C1(C)C. The first-order valence-corrected chi connectivity index (χ1v) is 20.1. The number of carbonyl (C=O) groups is 7. The Morgan fingerprint density at radius 2 is 1.46 bits per heavy atom. The van der Waals surface area contributed by atoms with Crippen LogP contribution in [0.25, 0.3) is 0 Å². The highest BCUT2D eigenvalue weighted by Gasteiger charge is 2.45. The van der Waals surface area contributed by atoms with Crippen LogP contribution in [0.1, 0.15) is 100.0 Å². The van der Waals surface area contributed by atoms with Crippen LogP contribution >= 0.6 is 0 Å². The molecule has 314 valence electrons. The quantitative estimate of drug-likeness (QED) is 0.203. The summed E-state index contributed by atoms with van der Waals surface area (Å²) >= 11 is 0. The number of ether oxygens (including phenoxy) is 2. The van der Waals surface area contributed by atoms with Gasteiger partial charge in [-0.05, 0) is 69.8 Å². The summed E-state index contributed by atoms with van der Waals surface area (Å²) in [5.74, 6) is -3.34. The molecule has 14 heteroatoms. The lowest BCUT2D eigenvalue weighted by Crippen LogP contribution is -2.60. The van der Waals surface area contributed by atoms with Gasteiger partial charge in [0.1, 0.15) is 36.3 Å². The Balaban J connectivity index is 2.15. The minimum absolute atomic E-state index is 0.00596. The van der Waals surface area contributed by atoms with Crippen molar-refractivity contribution in [3.8, 4) is 12.3 Å². The van der Waals surface area contributed by atoms with Gasteiger partial charge in [-0.3, -0.25) is 24.0 Å².